The van der Waals surface area contributed by atoms with Crippen LogP contribution in [0.3, 0.4) is 0 Å². The van der Waals surface area contributed by atoms with E-state index >= 15 is 0 Å². The predicted octanol–water partition coefficient (Wildman–Crippen LogP) is -13.6. The van der Waals surface area contributed by atoms with E-state index in [1.807, 2.05) is 0 Å². The van der Waals surface area contributed by atoms with Gasteiger partial charge in [0.05, 0.1) is 0 Å². The van der Waals surface area contributed by atoms with Crippen molar-refractivity contribution in [3.63, 3.8) is 0 Å². The molecule has 0 aliphatic rings. The van der Waals surface area contributed by atoms with E-state index in [1.54, 1.807) is 0 Å². The summed E-state index contributed by atoms with van der Waals surface area (Å²) in [6.07, 6.45) is 0. The van der Waals surface area contributed by atoms with Gasteiger partial charge in [-0.2, -0.15) is 0 Å². The van der Waals surface area contributed by atoms with Crippen molar-refractivity contribution in [3.8, 4) is 0 Å². The summed E-state index contributed by atoms with van der Waals surface area (Å²) < 4.78 is 0. The number of carboxylic acids is 4. The van der Waals surface area contributed by atoms with Crippen LogP contribution in [0.5, 0.6) is 0 Å². The third-order valence-corrected chi connectivity index (χ3v) is 0. The predicted molar refractivity (Wildman–Crippen MR) is 48.7 cm³/mol. The molecule has 9 nitrogen and oxygen atoms in total. The molecule has 0 unspecified atom stereocenters. The Labute approximate surface area is 168 Å². The Morgan fingerprint density at radius 2 is 0.545 bits per heavy atom. The van der Waals surface area contributed by atoms with Gasteiger partial charge in [0, 0.05) is 23.9 Å². The van der Waals surface area contributed by atoms with Crippen molar-refractivity contribution in [2.45, 2.75) is 27.7 Å². The first-order valence-corrected chi connectivity index (χ1v) is 3.63. The number of carboxylic acid groups (broad SMARTS) is 4. The molecule has 14 heteroatoms. The van der Waals surface area contributed by atoms with Crippen molar-refractivity contribution in [2.75, 3.05) is 0 Å². The van der Waals surface area contributed by atoms with Gasteiger partial charge in [0.2, 0.25) is 0 Å². The molecular weight excluding hydrogens is 452 g/mol. The molecule has 0 rings (SSSR count). The van der Waals surface area contributed by atoms with E-state index in [1.165, 1.54) is 0 Å². The smallest absolute Gasteiger partial charge is 1.00 e. The van der Waals surface area contributed by atoms with Crippen LogP contribution >= 0.6 is 0 Å². The molecule has 0 aromatic carbocycles. The first-order chi connectivity index (χ1) is 6.93. The zero-order valence-electron chi connectivity index (χ0n) is 12.2. The Morgan fingerprint density at radius 1 is 0.545 bits per heavy atom. The number of halogens is 3. The second kappa shape index (κ2) is 58.6. The number of quaternary nitrogens is 1. The summed E-state index contributed by atoms with van der Waals surface area (Å²) in [7, 11) is 0. The summed E-state index contributed by atoms with van der Waals surface area (Å²) in [5.74, 6) is -4.33. The topological polar surface area (TPSA) is 197 Å². The van der Waals surface area contributed by atoms with Crippen molar-refractivity contribution in [2.24, 2.45) is 0 Å². The van der Waals surface area contributed by atoms with Crippen LogP contribution in [-0.4, -0.2) is 23.9 Å². The first-order valence-electron chi connectivity index (χ1n) is 3.63. The fraction of sp³-hybridized carbons (Fsp3) is 0.500. The van der Waals surface area contributed by atoms with E-state index < -0.39 is 23.9 Å². The third kappa shape index (κ3) is 123000. The third-order valence-electron chi connectivity index (χ3n) is 0. The molecule has 0 fully saturated rings. The molecule has 0 aromatic heterocycles. The second-order valence-electron chi connectivity index (χ2n) is 1.97. The van der Waals surface area contributed by atoms with Crippen LogP contribution in [0.4, 0.5) is 0 Å². The van der Waals surface area contributed by atoms with Crippen molar-refractivity contribution in [1.82, 2.24) is 6.15 Å². The Morgan fingerprint density at radius 3 is 0.545 bits per heavy atom. The zero-order chi connectivity index (χ0) is 14.3. The Balaban J connectivity index is -0.00000001000. The van der Waals surface area contributed by atoms with Crippen LogP contribution in [0.15, 0.2) is 0 Å². The number of aliphatic carboxylic acids is 4. The number of rotatable bonds is 0. The van der Waals surface area contributed by atoms with Gasteiger partial charge in [-0.15, -0.1) is 0 Å². The SMILES string of the molecule is CC(=O)[O-].CC(=O)[O-].CC(=O)[O-].CC(=O)[O-].[Cl-].[Cl-].[Cl-].[Cr+3].[Fe+3].[NH4+]. The average Bonchev–Trinajstić information content (AvgIpc) is 1.76. The molecule has 0 heterocycles. The standard InChI is InChI=1S/4C2H4O2.3ClH.Cr.Fe.H3N/c4*1-2(3)4;;;;;;/h4*1H3,(H,3,4);3*1H;;;1H3/q;;;;;;;2*+3;/p-6. The van der Waals surface area contributed by atoms with Gasteiger partial charge in [0.1, 0.15) is 0 Å². The first kappa shape index (κ1) is 67.8. The maximum Gasteiger partial charge on any atom is 3.00 e. The molecule has 0 aliphatic carbocycles. The minimum absolute atomic E-state index is 0. The van der Waals surface area contributed by atoms with E-state index in [4.69, 9.17) is 39.6 Å². The van der Waals surface area contributed by atoms with E-state index in [2.05, 4.69) is 0 Å². The molecule has 0 saturated heterocycles. The maximum absolute atomic E-state index is 8.89. The monoisotopic (exact) mass is 467 g/mol. The Bertz CT molecular complexity index is 185. The molecule has 0 bridgehead atoms. The van der Waals surface area contributed by atoms with Gasteiger partial charge in [-0.3, -0.25) is 0 Å². The van der Waals surface area contributed by atoms with Gasteiger partial charge in [0.15, 0.2) is 0 Å². The molecule has 0 saturated carbocycles. The molecule has 0 spiro atoms. The summed E-state index contributed by atoms with van der Waals surface area (Å²) in [5.41, 5.74) is 0. The van der Waals surface area contributed by atoms with Crippen molar-refractivity contribution in [3.05, 3.63) is 0 Å². The molecule has 22 heavy (non-hydrogen) atoms. The minimum atomic E-state index is -1.08. The number of carbonyl (C=O) groups is 4. The Kier molecular flexibility index (Phi) is 181. The van der Waals surface area contributed by atoms with E-state index in [-0.39, 0.29) is 77.8 Å². The quantitative estimate of drug-likeness (QED) is 0.338. The van der Waals surface area contributed by atoms with E-state index in [9.17, 15) is 0 Å². The van der Waals surface area contributed by atoms with Gasteiger partial charge in [0.25, 0.3) is 0 Å². The number of hydrogen-bond donors (Lipinski definition) is 1. The molecule has 0 aromatic rings. The molecule has 136 valence electrons. The summed E-state index contributed by atoms with van der Waals surface area (Å²) >= 11 is 0. The molecule has 0 atom stereocenters. The number of hydrogen-bond acceptors (Lipinski definition) is 8. The summed E-state index contributed by atoms with van der Waals surface area (Å²) in [6.45, 7) is 3.89. The van der Waals surface area contributed by atoms with Crippen LogP contribution < -0.4 is 63.8 Å². The summed E-state index contributed by atoms with van der Waals surface area (Å²) in [5, 5.41) is 35.6. The van der Waals surface area contributed by atoms with Crippen molar-refractivity contribution in [1.29, 1.82) is 0 Å². The summed E-state index contributed by atoms with van der Waals surface area (Å²) in [4.78, 5) is 35.6. The summed E-state index contributed by atoms with van der Waals surface area (Å²) in [6, 6.07) is 0. The van der Waals surface area contributed by atoms with Gasteiger partial charge in [-0.1, -0.05) is 0 Å². The molecule has 0 amide bonds. The van der Waals surface area contributed by atoms with Gasteiger partial charge in [-0.25, -0.2) is 0 Å². The maximum atomic E-state index is 8.89. The van der Waals surface area contributed by atoms with Crippen molar-refractivity contribution >= 4 is 23.9 Å². The van der Waals surface area contributed by atoms with Crippen LogP contribution in [0.2, 0.25) is 0 Å². The molecule has 4 N–H and O–H groups in total. The fourth-order valence-electron chi connectivity index (χ4n) is 0. The van der Waals surface area contributed by atoms with Crippen LogP contribution in [-0.2, 0) is 53.6 Å². The molecular formula is C8H16Cl3CrFeNO8. The largest absolute Gasteiger partial charge is 3.00 e. The van der Waals surface area contributed by atoms with Gasteiger partial charge >= 0.3 is 34.4 Å². The van der Waals surface area contributed by atoms with Gasteiger partial charge in [-0.05, 0) is 27.7 Å². The molecule has 0 aliphatic heterocycles. The second-order valence-corrected chi connectivity index (χ2v) is 1.97. The van der Waals surface area contributed by atoms with Gasteiger partial charge < -0.3 is 83.0 Å². The van der Waals surface area contributed by atoms with E-state index in [0.29, 0.717) is 0 Å². The molecule has 2 radical (unpaired) electrons. The van der Waals surface area contributed by atoms with Crippen LogP contribution in [0.25, 0.3) is 0 Å². The Hall–Kier alpha value is -0.238. The van der Waals surface area contributed by atoms with Crippen LogP contribution in [0, 0.1) is 0 Å². The zero-order valence-corrected chi connectivity index (χ0v) is 16.8. The fourth-order valence-corrected chi connectivity index (χ4v) is 0. The van der Waals surface area contributed by atoms with Crippen LogP contribution in [0.1, 0.15) is 27.7 Å². The van der Waals surface area contributed by atoms with Crippen molar-refractivity contribution < 1.29 is 111 Å². The van der Waals surface area contributed by atoms with E-state index in [0.717, 1.165) is 27.7 Å². The average molecular weight is 468 g/mol. The normalized spacial score (nSPS) is 4.55. The number of carbonyl (C=O) groups excluding carboxylic acids is 4. The minimum Gasteiger partial charge on any atom is -1.00 e.